The maximum atomic E-state index is 13.5. The highest BCUT2D eigenvalue weighted by atomic mass is 19.1. The molecule has 1 aromatic carbocycles. The summed E-state index contributed by atoms with van der Waals surface area (Å²) >= 11 is 0. The second-order valence-electron chi connectivity index (χ2n) is 7.77. The monoisotopic (exact) mass is 389 g/mol. The molecule has 0 saturated carbocycles. The van der Waals surface area contributed by atoms with E-state index in [0.29, 0.717) is 29.7 Å². The van der Waals surface area contributed by atoms with Gasteiger partial charge in [0.2, 0.25) is 5.88 Å². The quantitative estimate of drug-likeness (QED) is 0.615. The van der Waals surface area contributed by atoms with Crippen LogP contribution in [-0.4, -0.2) is 32.1 Å². The Morgan fingerprint density at radius 1 is 1.25 bits per heavy atom. The van der Waals surface area contributed by atoms with Crippen LogP contribution in [0.4, 0.5) is 4.39 Å². The SMILES string of the molecule is COCCOC(=O)C1=C(N)OC2=C(C(=O)CC(C)(C)C2)C1c1ccc(F)cc1. The molecule has 6 nitrogen and oxygen atoms in total. The minimum absolute atomic E-state index is 0.0368. The zero-order chi connectivity index (χ0) is 20.5. The third-order valence-corrected chi connectivity index (χ3v) is 4.90. The molecule has 28 heavy (non-hydrogen) atoms. The molecule has 0 radical (unpaired) electrons. The average molecular weight is 389 g/mol. The fraction of sp³-hybridized carbons (Fsp3) is 0.429. The summed E-state index contributed by atoms with van der Waals surface area (Å²) in [7, 11) is 1.49. The van der Waals surface area contributed by atoms with Crippen molar-refractivity contribution in [2.45, 2.75) is 32.6 Å². The molecular weight excluding hydrogens is 365 g/mol. The fourth-order valence-electron chi connectivity index (χ4n) is 3.67. The van der Waals surface area contributed by atoms with Crippen molar-refractivity contribution in [3.63, 3.8) is 0 Å². The van der Waals surface area contributed by atoms with E-state index in [1.807, 2.05) is 13.8 Å². The number of nitrogens with two attached hydrogens (primary N) is 1. The third-order valence-electron chi connectivity index (χ3n) is 4.90. The zero-order valence-electron chi connectivity index (χ0n) is 16.2. The summed E-state index contributed by atoms with van der Waals surface area (Å²) in [5, 5.41) is 0. The molecule has 0 fully saturated rings. The molecule has 1 atom stereocenters. The van der Waals surface area contributed by atoms with Crippen molar-refractivity contribution in [3.8, 4) is 0 Å². The Bertz CT molecular complexity index is 854. The smallest absolute Gasteiger partial charge is 0.340 e. The zero-order valence-corrected chi connectivity index (χ0v) is 16.2. The van der Waals surface area contributed by atoms with Crippen molar-refractivity contribution >= 4 is 11.8 Å². The normalized spacial score (nSPS) is 21.3. The number of rotatable bonds is 5. The van der Waals surface area contributed by atoms with Crippen LogP contribution in [-0.2, 0) is 23.8 Å². The predicted molar refractivity (Wildman–Crippen MR) is 99.3 cm³/mol. The Kier molecular flexibility index (Phi) is 5.56. The molecule has 0 saturated heterocycles. The van der Waals surface area contributed by atoms with Crippen LogP contribution < -0.4 is 5.73 Å². The first kappa shape index (κ1) is 20.1. The first-order valence-electron chi connectivity index (χ1n) is 9.09. The molecule has 3 rings (SSSR count). The molecule has 1 aliphatic heterocycles. The number of benzene rings is 1. The van der Waals surface area contributed by atoms with Crippen LogP contribution in [0.5, 0.6) is 0 Å². The lowest BCUT2D eigenvalue weighted by atomic mass is 9.70. The van der Waals surface area contributed by atoms with Crippen molar-refractivity contribution in [2.24, 2.45) is 11.1 Å². The van der Waals surface area contributed by atoms with E-state index >= 15 is 0 Å². The summed E-state index contributed by atoms with van der Waals surface area (Å²) in [4.78, 5) is 25.7. The van der Waals surface area contributed by atoms with E-state index in [-0.39, 0.29) is 35.9 Å². The van der Waals surface area contributed by atoms with Crippen LogP contribution >= 0.6 is 0 Å². The van der Waals surface area contributed by atoms with Gasteiger partial charge in [0, 0.05) is 25.5 Å². The Labute approximate surface area is 163 Å². The number of hydrogen-bond acceptors (Lipinski definition) is 6. The van der Waals surface area contributed by atoms with Crippen molar-refractivity contribution in [1.82, 2.24) is 0 Å². The number of ketones is 1. The lowest BCUT2D eigenvalue weighted by Gasteiger charge is -2.37. The lowest BCUT2D eigenvalue weighted by Crippen LogP contribution is -2.35. The number of carbonyl (C=O) groups is 2. The molecule has 1 heterocycles. The lowest BCUT2D eigenvalue weighted by molar-refractivity contribution is -0.140. The Hall–Kier alpha value is -2.67. The van der Waals surface area contributed by atoms with Crippen LogP contribution in [0.2, 0.25) is 0 Å². The van der Waals surface area contributed by atoms with Gasteiger partial charge in [-0.15, -0.1) is 0 Å². The summed E-state index contributed by atoms with van der Waals surface area (Å²) in [5.41, 5.74) is 6.82. The van der Waals surface area contributed by atoms with Gasteiger partial charge < -0.3 is 19.9 Å². The number of Topliss-reactive ketones (excluding diaryl/α,β-unsaturated/α-hetero) is 1. The molecule has 2 aliphatic rings. The summed E-state index contributed by atoms with van der Waals surface area (Å²) in [6.07, 6.45) is 0.831. The number of esters is 1. The van der Waals surface area contributed by atoms with E-state index in [1.165, 1.54) is 19.2 Å². The van der Waals surface area contributed by atoms with E-state index in [4.69, 9.17) is 19.9 Å². The molecule has 2 N–H and O–H groups in total. The molecule has 0 aromatic heterocycles. The van der Waals surface area contributed by atoms with Crippen molar-refractivity contribution < 1.29 is 28.2 Å². The first-order valence-corrected chi connectivity index (χ1v) is 9.09. The van der Waals surface area contributed by atoms with E-state index in [0.717, 1.165) is 0 Å². The fourth-order valence-corrected chi connectivity index (χ4v) is 3.67. The van der Waals surface area contributed by atoms with Crippen LogP contribution in [0.15, 0.2) is 47.1 Å². The van der Waals surface area contributed by atoms with Crippen LogP contribution in [0.1, 0.15) is 38.2 Å². The van der Waals surface area contributed by atoms with Gasteiger partial charge >= 0.3 is 5.97 Å². The Balaban J connectivity index is 2.07. The molecule has 7 heteroatoms. The number of hydrogen-bond donors (Lipinski definition) is 1. The van der Waals surface area contributed by atoms with E-state index in [9.17, 15) is 14.0 Å². The minimum atomic E-state index is -0.761. The number of halogens is 1. The Morgan fingerprint density at radius 3 is 2.57 bits per heavy atom. The molecule has 0 spiro atoms. The molecule has 0 amide bonds. The van der Waals surface area contributed by atoms with E-state index in [1.54, 1.807) is 12.1 Å². The first-order chi connectivity index (χ1) is 13.2. The van der Waals surface area contributed by atoms with E-state index in [2.05, 4.69) is 0 Å². The average Bonchev–Trinajstić information content (AvgIpc) is 2.60. The van der Waals surface area contributed by atoms with Crippen LogP contribution in [0.3, 0.4) is 0 Å². The highest BCUT2D eigenvalue weighted by Crippen LogP contribution is 2.48. The largest absolute Gasteiger partial charge is 0.460 e. The van der Waals surface area contributed by atoms with Crippen molar-refractivity contribution in [1.29, 1.82) is 0 Å². The van der Waals surface area contributed by atoms with Gasteiger partial charge in [-0.2, -0.15) is 0 Å². The highest BCUT2D eigenvalue weighted by molar-refractivity contribution is 6.03. The molecule has 1 unspecified atom stereocenters. The van der Waals surface area contributed by atoms with Gasteiger partial charge in [0.05, 0.1) is 12.5 Å². The molecule has 1 aliphatic carbocycles. The van der Waals surface area contributed by atoms with Gasteiger partial charge in [0.15, 0.2) is 5.78 Å². The minimum Gasteiger partial charge on any atom is -0.460 e. The van der Waals surface area contributed by atoms with Crippen LogP contribution in [0, 0.1) is 11.2 Å². The summed E-state index contributed by atoms with van der Waals surface area (Å²) in [5.74, 6) is -1.61. The maximum absolute atomic E-state index is 13.5. The molecule has 0 bridgehead atoms. The van der Waals surface area contributed by atoms with Crippen molar-refractivity contribution in [2.75, 3.05) is 20.3 Å². The maximum Gasteiger partial charge on any atom is 0.340 e. The standard InChI is InChI=1S/C21H24FNO5/c1-21(2)10-14(24)17-15(11-21)28-19(23)18(20(25)27-9-8-26-3)16(17)12-4-6-13(22)7-5-12/h4-7,16H,8-11,23H2,1-3H3. The topological polar surface area (TPSA) is 87.8 Å². The van der Waals surface area contributed by atoms with Crippen LogP contribution in [0.25, 0.3) is 0 Å². The summed E-state index contributed by atoms with van der Waals surface area (Å²) < 4.78 is 29.3. The van der Waals surface area contributed by atoms with E-state index < -0.39 is 17.7 Å². The summed E-state index contributed by atoms with van der Waals surface area (Å²) in [6.45, 7) is 4.20. The number of methoxy groups -OCH3 is 1. The van der Waals surface area contributed by atoms with Gasteiger partial charge in [0.25, 0.3) is 0 Å². The molecule has 150 valence electrons. The number of carbonyl (C=O) groups excluding carboxylic acids is 2. The molecular formula is C21H24FNO5. The van der Waals surface area contributed by atoms with Gasteiger partial charge in [-0.3, -0.25) is 4.79 Å². The third kappa shape index (κ3) is 3.94. The second-order valence-corrected chi connectivity index (χ2v) is 7.77. The highest BCUT2D eigenvalue weighted by Gasteiger charge is 2.45. The number of allylic oxidation sites excluding steroid dienone is 2. The number of ether oxygens (including phenoxy) is 3. The van der Waals surface area contributed by atoms with Crippen molar-refractivity contribution in [3.05, 3.63) is 58.4 Å². The van der Waals surface area contributed by atoms with Gasteiger partial charge in [-0.05, 0) is 23.1 Å². The van der Waals surface area contributed by atoms with Gasteiger partial charge in [0.1, 0.15) is 23.8 Å². The van der Waals surface area contributed by atoms with Gasteiger partial charge in [-0.1, -0.05) is 26.0 Å². The second kappa shape index (κ2) is 7.75. The Morgan fingerprint density at radius 2 is 1.93 bits per heavy atom. The summed E-state index contributed by atoms with van der Waals surface area (Å²) in [6, 6.07) is 5.65. The van der Waals surface area contributed by atoms with Gasteiger partial charge in [-0.25, -0.2) is 9.18 Å². The predicted octanol–water partition coefficient (Wildman–Crippen LogP) is 2.94. The molecule has 1 aromatic rings.